The summed E-state index contributed by atoms with van der Waals surface area (Å²) in [5, 5.41) is 11.7. The minimum Gasteiger partial charge on any atom is -0.333 e. The van der Waals surface area contributed by atoms with E-state index in [2.05, 4.69) is 4.98 Å². The van der Waals surface area contributed by atoms with Crippen LogP contribution in [0.15, 0.2) is 53.5 Å². The van der Waals surface area contributed by atoms with Crippen LogP contribution < -0.4 is 5.56 Å². The molecule has 1 N–H and O–H groups in total. The average molecular weight is 463 g/mol. The number of H-pyrrole nitrogens is 1. The Kier molecular flexibility index (Phi) is 5.11. The number of pyridine rings is 1. The molecule has 0 bridgehead atoms. The van der Waals surface area contributed by atoms with Gasteiger partial charge < -0.3 is 9.55 Å². The molecule has 34 heavy (non-hydrogen) atoms. The second kappa shape index (κ2) is 8.02. The van der Waals surface area contributed by atoms with Crippen molar-refractivity contribution in [1.82, 2.24) is 9.55 Å². The second-order valence-electron chi connectivity index (χ2n) is 8.48. The summed E-state index contributed by atoms with van der Waals surface area (Å²) in [7, 11) is 0. The van der Waals surface area contributed by atoms with Crippen LogP contribution in [0.5, 0.6) is 0 Å². The number of nitro benzene ring substituents is 1. The third kappa shape index (κ3) is 3.59. The standard InChI is InChI=1S/C25H19F2N3O4/c1-13(31)24-23(17-3-2-8-28-25(17)32)19-10-18(14-4-5-14)21(27)11-22(19)29(24)12-15-9-16(30(33)34)6-7-20(15)26/h2-3,6-11,14H,4-5,12H2,1H3,(H,28,32). The van der Waals surface area contributed by atoms with Gasteiger partial charge in [-0.3, -0.25) is 19.7 Å². The van der Waals surface area contributed by atoms with Crippen molar-refractivity contribution >= 4 is 22.4 Å². The highest BCUT2D eigenvalue weighted by atomic mass is 19.1. The molecule has 9 heteroatoms. The molecule has 1 aliphatic carbocycles. The Balaban J connectivity index is 1.84. The highest BCUT2D eigenvalue weighted by Crippen LogP contribution is 2.44. The lowest BCUT2D eigenvalue weighted by molar-refractivity contribution is -0.385. The summed E-state index contributed by atoms with van der Waals surface area (Å²) in [6.45, 7) is 1.05. The van der Waals surface area contributed by atoms with Gasteiger partial charge >= 0.3 is 0 Å². The summed E-state index contributed by atoms with van der Waals surface area (Å²) < 4.78 is 31.2. The van der Waals surface area contributed by atoms with E-state index in [9.17, 15) is 24.1 Å². The third-order valence-corrected chi connectivity index (χ3v) is 6.19. The maximum absolute atomic E-state index is 15.1. The van der Waals surface area contributed by atoms with Gasteiger partial charge in [-0.2, -0.15) is 0 Å². The fourth-order valence-electron chi connectivity index (χ4n) is 4.48. The number of carbonyl (C=O) groups is 1. The van der Waals surface area contributed by atoms with Gasteiger partial charge in [-0.15, -0.1) is 0 Å². The first-order chi connectivity index (χ1) is 16.3. The number of nitrogens with one attached hydrogen (secondary N) is 1. The summed E-state index contributed by atoms with van der Waals surface area (Å²) in [5.41, 5.74) is 0.702. The van der Waals surface area contributed by atoms with Gasteiger partial charge in [-0.05, 0) is 54.7 Å². The zero-order valence-corrected chi connectivity index (χ0v) is 18.1. The van der Waals surface area contributed by atoms with Gasteiger partial charge in [0.2, 0.25) is 0 Å². The molecule has 2 aromatic carbocycles. The van der Waals surface area contributed by atoms with Crippen molar-refractivity contribution in [3.63, 3.8) is 0 Å². The lowest BCUT2D eigenvalue weighted by Crippen LogP contribution is -2.13. The number of hydrogen-bond acceptors (Lipinski definition) is 4. The van der Waals surface area contributed by atoms with E-state index in [1.165, 1.54) is 23.8 Å². The van der Waals surface area contributed by atoms with Crippen LogP contribution in [0.2, 0.25) is 0 Å². The Bertz CT molecular complexity index is 1550. The molecular formula is C25H19F2N3O4. The van der Waals surface area contributed by atoms with E-state index in [-0.39, 0.29) is 35.0 Å². The summed E-state index contributed by atoms with van der Waals surface area (Å²) >= 11 is 0. The van der Waals surface area contributed by atoms with E-state index in [1.54, 1.807) is 18.2 Å². The van der Waals surface area contributed by atoms with Gasteiger partial charge in [-0.25, -0.2) is 8.78 Å². The number of nitrogens with zero attached hydrogens (tertiary/aromatic N) is 2. The molecule has 7 nitrogen and oxygen atoms in total. The molecule has 2 aromatic heterocycles. The van der Waals surface area contributed by atoms with Gasteiger partial charge in [0.25, 0.3) is 11.2 Å². The Labute approximate surface area is 191 Å². The first-order valence-electron chi connectivity index (χ1n) is 10.7. The number of halogens is 2. The highest BCUT2D eigenvalue weighted by Gasteiger charge is 2.30. The van der Waals surface area contributed by atoms with Crippen molar-refractivity contribution in [2.45, 2.75) is 32.2 Å². The first-order valence-corrected chi connectivity index (χ1v) is 10.7. The van der Waals surface area contributed by atoms with Crippen molar-refractivity contribution in [3.05, 3.63) is 97.6 Å². The van der Waals surface area contributed by atoms with Gasteiger partial charge in [0, 0.05) is 47.3 Å². The quantitative estimate of drug-likeness (QED) is 0.238. The zero-order valence-electron chi connectivity index (χ0n) is 18.1. The van der Waals surface area contributed by atoms with Crippen molar-refractivity contribution in [3.8, 4) is 11.1 Å². The largest absolute Gasteiger partial charge is 0.333 e. The van der Waals surface area contributed by atoms with Crippen LogP contribution in [0.3, 0.4) is 0 Å². The molecule has 0 spiro atoms. The van der Waals surface area contributed by atoms with E-state index in [1.807, 2.05) is 0 Å². The number of non-ortho nitro benzene ring substituents is 1. The maximum Gasteiger partial charge on any atom is 0.269 e. The number of nitro groups is 1. The van der Waals surface area contributed by atoms with Crippen LogP contribution in [0.4, 0.5) is 14.5 Å². The number of Topliss-reactive ketones (excluding diaryl/α,β-unsaturated/α-hetero) is 1. The van der Waals surface area contributed by atoms with Crippen molar-refractivity contribution in [2.24, 2.45) is 0 Å². The fraction of sp³-hybridized carbons (Fsp3) is 0.200. The monoisotopic (exact) mass is 463 g/mol. The summed E-state index contributed by atoms with van der Waals surface area (Å²) in [6, 6.07) is 9.28. The van der Waals surface area contributed by atoms with E-state index in [4.69, 9.17) is 0 Å². The first kappa shape index (κ1) is 21.7. The van der Waals surface area contributed by atoms with E-state index in [0.29, 0.717) is 22.0 Å². The van der Waals surface area contributed by atoms with Crippen molar-refractivity contribution in [2.75, 3.05) is 0 Å². The van der Waals surface area contributed by atoms with Crippen LogP contribution in [0.1, 0.15) is 47.3 Å². The number of carbonyl (C=O) groups excluding carboxylic acids is 1. The summed E-state index contributed by atoms with van der Waals surface area (Å²) in [6.07, 6.45) is 3.16. The lowest BCUT2D eigenvalue weighted by Gasteiger charge is -2.11. The van der Waals surface area contributed by atoms with Crippen molar-refractivity contribution < 1.29 is 18.5 Å². The minimum atomic E-state index is -0.698. The predicted octanol–water partition coefficient (Wildman–Crippen LogP) is 5.31. The zero-order chi connectivity index (χ0) is 24.1. The highest BCUT2D eigenvalue weighted by molar-refractivity contribution is 6.10. The number of aromatic nitrogens is 2. The minimum absolute atomic E-state index is 0.0335. The molecule has 0 amide bonds. The number of benzene rings is 2. The van der Waals surface area contributed by atoms with Gasteiger partial charge in [0.15, 0.2) is 5.78 Å². The van der Waals surface area contributed by atoms with E-state index in [0.717, 1.165) is 31.0 Å². The Morgan fingerprint density at radius 1 is 1.18 bits per heavy atom. The fourth-order valence-corrected chi connectivity index (χ4v) is 4.48. The Hall–Kier alpha value is -4.14. The van der Waals surface area contributed by atoms with Gasteiger partial charge in [0.1, 0.15) is 11.6 Å². The molecule has 0 saturated heterocycles. The summed E-state index contributed by atoms with van der Waals surface area (Å²) in [4.78, 5) is 38.7. The molecule has 0 radical (unpaired) electrons. The maximum atomic E-state index is 15.1. The number of aromatic amines is 1. The second-order valence-corrected chi connectivity index (χ2v) is 8.48. The topological polar surface area (TPSA) is 98.0 Å². The lowest BCUT2D eigenvalue weighted by atomic mass is 9.99. The van der Waals surface area contributed by atoms with Crippen LogP contribution in [0, 0.1) is 21.7 Å². The van der Waals surface area contributed by atoms with Crippen molar-refractivity contribution in [1.29, 1.82) is 0 Å². The molecule has 1 saturated carbocycles. The molecule has 1 aliphatic rings. The molecule has 1 fully saturated rings. The number of hydrogen-bond donors (Lipinski definition) is 1. The predicted molar refractivity (Wildman–Crippen MR) is 122 cm³/mol. The Morgan fingerprint density at radius 3 is 2.59 bits per heavy atom. The molecule has 2 heterocycles. The van der Waals surface area contributed by atoms with Crippen LogP contribution in [-0.4, -0.2) is 20.3 Å². The molecule has 0 aliphatic heterocycles. The number of ketones is 1. The van der Waals surface area contributed by atoms with Crippen LogP contribution in [0.25, 0.3) is 22.0 Å². The molecule has 5 rings (SSSR count). The number of fused-ring (bicyclic) bond motifs is 1. The van der Waals surface area contributed by atoms with Gasteiger partial charge in [-0.1, -0.05) is 0 Å². The van der Waals surface area contributed by atoms with E-state index < -0.39 is 27.9 Å². The third-order valence-electron chi connectivity index (χ3n) is 6.19. The Morgan fingerprint density at radius 2 is 1.94 bits per heavy atom. The SMILES string of the molecule is CC(=O)c1c(-c2ccc[nH]c2=O)c2cc(C3CC3)c(F)cc2n1Cc1cc([N+](=O)[O-])ccc1F. The molecule has 4 aromatic rings. The molecular weight excluding hydrogens is 444 g/mol. The normalized spacial score (nSPS) is 13.4. The van der Waals surface area contributed by atoms with E-state index >= 15 is 4.39 Å². The van der Waals surface area contributed by atoms with Crippen LogP contribution in [-0.2, 0) is 6.54 Å². The van der Waals surface area contributed by atoms with Crippen LogP contribution >= 0.6 is 0 Å². The molecule has 0 unspecified atom stereocenters. The smallest absolute Gasteiger partial charge is 0.269 e. The molecule has 172 valence electrons. The molecule has 0 atom stereocenters. The van der Waals surface area contributed by atoms with Gasteiger partial charge in [0.05, 0.1) is 22.7 Å². The average Bonchev–Trinajstić information content (AvgIpc) is 3.59. The summed E-state index contributed by atoms with van der Waals surface area (Å²) in [5.74, 6) is -1.48. The number of rotatable bonds is 6.